The molecule has 0 aromatic rings. The molecule has 0 atom stereocenters. The number of nitrogens with zero attached hydrogens (tertiary/aromatic N) is 1. The van der Waals surface area contributed by atoms with Crippen molar-refractivity contribution in [2.24, 2.45) is 17.3 Å². The zero-order valence-corrected chi connectivity index (χ0v) is 12.1. The molecular weight excluding hydrogens is 267 g/mol. The summed E-state index contributed by atoms with van der Waals surface area (Å²) in [6.45, 7) is 3.78. The van der Waals surface area contributed by atoms with Crippen molar-refractivity contribution in [3.63, 3.8) is 0 Å². The number of carbonyl (C=O) groups excluding carboxylic acids is 1. The quantitative estimate of drug-likeness (QED) is 0.740. The molecule has 2 nitrogen and oxygen atoms in total. The summed E-state index contributed by atoms with van der Waals surface area (Å²) in [5, 5.41) is 0. The minimum Gasteiger partial charge on any atom is -0.303 e. The van der Waals surface area contributed by atoms with Gasteiger partial charge in [-0.3, -0.25) is 0 Å². The fourth-order valence-electron chi connectivity index (χ4n) is 3.51. The molecule has 1 aliphatic carbocycles. The smallest absolute Gasteiger partial charge is 0.303 e. The third kappa shape index (κ3) is 3.74. The zero-order chi connectivity index (χ0) is 14.8. The van der Waals surface area contributed by atoms with Gasteiger partial charge in [0, 0.05) is 12.0 Å². The van der Waals surface area contributed by atoms with Crippen LogP contribution in [0.15, 0.2) is 0 Å². The highest BCUT2D eigenvalue weighted by Gasteiger charge is 2.42. The van der Waals surface area contributed by atoms with Gasteiger partial charge in [0.15, 0.2) is 0 Å². The van der Waals surface area contributed by atoms with Crippen molar-refractivity contribution >= 4 is 6.29 Å². The molecule has 0 N–H and O–H groups in total. The van der Waals surface area contributed by atoms with E-state index >= 15 is 0 Å². The highest BCUT2D eigenvalue weighted by atomic mass is 19.4. The standard InChI is InChI=1S/C15H24F3NO/c1-12-2-6-14(11-20,7-3-12)10-19-8-4-13(5-9-19)15(16,17)18/h11-13H,2-10H2,1H3. The van der Waals surface area contributed by atoms with Crippen LogP contribution in [-0.4, -0.2) is 37.0 Å². The molecule has 0 aromatic carbocycles. The van der Waals surface area contributed by atoms with Crippen molar-refractivity contribution < 1.29 is 18.0 Å². The SMILES string of the molecule is CC1CCC(C=O)(CN2CCC(C(F)(F)F)CC2)CC1. The van der Waals surface area contributed by atoms with E-state index in [4.69, 9.17) is 0 Å². The molecule has 0 spiro atoms. The number of aldehydes is 1. The lowest BCUT2D eigenvalue weighted by Crippen LogP contribution is -2.46. The Morgan fingerprint density at radius 3 is 2.15 bits per heavy atom. The Hall–Kier alpha value is -0.580. The summed E-state index contributed by atoms with van der Waals surface area (Å²) in [6.07, 6.45) is 1.23. The number of rotatable bonds is 3. The molecule has 2 aliphatic rings. The minimum absolute atomic E-state index is 0.175. The summed E-state index contributed by atoms with van der Waals surface area (Å²) < 4.78 is 37.9. The Labute approximate surface area is 118 Å². The normalized spacial score (nSPS) is 34.1. The van der Waals surface area contributed by atoms with Gasteiger partial charge >= 0.3 is 6.18 Å². The molecule has 5 heteroatoms. The molecule has 116 valence electrons. The largest absolute Gasteiger partial charge is 0.391 e. The Kier molecular flexibility index (Phi) is 4.77. The number of hydrogen-bond acceptors (Lipinski definition) is 2. The molecule has 1 saturated carbocycles. The first-order chi connectivity index (χ1) is 9.35. The van der Waals surface area contributed by atoms with Gasteiger partial charge in [0.05, 0.1) is 5.92 Å². The number of carbonyl (C=O) groups is 1. The summed E-state index contributed by atoms with van der Waals surface area (Å²) in [4.78, 5) is 13.5. The molecule has 0 amide bonds. The molecule has 2 rings (SSSR count). The van der Waals surface area contributed by atoms with Gasteiger partial charge in [0.25, 0.3) is 0 Å². The second kappa shape index (κ2) is 6.04. The predicted octanol–water partition coefficient (Wildman–Crippen LogP) is 3.66. The Morgan fingerprint density at radius 2 is 1.70 bits per heavy atom. The second-order valence-electron chi connectivity index (χ2n) is 6.75. The summed E-state index contributed by atoms with van der Waals surface area (Å²) in [5.74, 6) is -0.489. The first-order valence-electron chi connectivity index (χ1n) is 7.60. The van der Waals surface area contributed by atoms with Crippen molar-refractivity contribution in [3.8, 4) is 0 Å². The van der Waals surface area contributed by atoms with Crippen LogP contribution in [0.1, 0.15) is 45.4 Å². The average molecular weight is 291 g/mol. The molecule has 1 heterocycles. The first kappa shape index (κ1) is 15.8. The van der Waals surface area contributed by atoms with Gasteiger partial charge in [-0.2, -0.15) is 13.2 Å². The maximum absolute atomic E-state index is 12.6. The van der Waals surface area contributed by atoms with Gasteiger partial charge in [-0.1, -0.05) is 6.92 Å². The lowest BCUT2D eigenvalue weighted by atomic mass is 9.71. The third-order valence-corrected chi connectivity index (χ3v) is 5.11. The van der Waals surface area contributed by atoms with Crippen LogP contribution in [0, 0.1) is 17.3 Å². The van der Waals surface area contributed by atoms with Gasteiger partial charge in [-0.25, -0.2) is 0 Å². The molecule has 0 unspecified atom stereocenters. The van der Waals surface area contributed by atoms with Crippen LogP contribution < -0.4 is 0 Å². The summed E-state index contributed by atoms with van der Waals surface area (Å²) in [7, 11) is 0. The van der Waals surface area contributed by atoms with E-state index in [2.05, 4.69) is 11.8 Å². The second-order valence-corrected chi connectivity index (χ2v) is 6.75. The van der Waals surface area contributed by atoms with Crippen molar-refractivity contribution in [2.75, 3.05) is 19.6 Å². The molecule has 1 aliphatic heterocycles. The van der Waals surface area contributed by atoms with E-state index in [0.29, 0.717) is 25.6 Å². The summed E-state index contributed by atoms with van der Waals surface area (Å²) in [6, 6.07) is 0. The van der Waals surface area contributed by atoms with E-state index in [0.717, 1.165) is 32.0 Å². The highest BCUT2D eigenvalue weighted by Crippen LogP contribution is 2.40. The number of halogens is 3. The van der Waals surface area contributed by atoms with Gasteiger partial charge in [-0.05, 0) is 57.5 Å². The summed E-state index contributed by atoms with van der Waals surface area (Å²) in [5.41, 5.74) is -0.308. The van der Waals surface area contributed by atoms with E-state index in [1.807, 2.05) is 0 Å². The van der Waals surface area contributed by atoms with Crippen LogP contribution in [-0.2, 0) is 4.79 Å². The lowest BCUT2D eigenvalue weighted by molar-refractivity contribution is -0.185. The van der Waals surface area contributed by atoms with E-state index in [-0.39, 0.29) is 18.3 Å². The number of alkyl halides is 3. The Balaban J connectivity index is 1.86. The van der Waals surface area contributed by atoms with Crippen LogP contribution in [0.3, 0.4) is 0 Å². The predicted molar refractivity (Wildman–Crippen MR) is 71.3 cm³/mol. The molecule has 2 fully saturated rings. The molecular formula is C15H24F3NO. The average Bonchev–Trinajstić information content (AvgIpc) is 2.41. The van der Waals surface area contributed by atoms with Crippen LogP contribution >= 0.6 is 0 Å². The topological polar surface area (TPSA) is 20.3 Å². The Bertz CT molecular complexity index is 327. The van der Waals surface area contributed by atoms with Crippen molar-refractivity contribution in [2.45, 2.75) is 51.6 Å². The van der Waals surface area contributed by atoms with Gasteiger partial charge in [0.1, 0.15) is 6.29 Å². The van der Waals surface area contributed by atoms with Crippen molar-refractivity contribution in [1.82, 2.24) is 4.90 Å². The van der Waals surface area contributed by atoms with Crippen LogP contribution in [0.25, 0.3) is 0 Å². The minimum atomic E-state index is -4.06. The van der Waals surface area contributed by atoms with Crippen molar-refractivity contribution in [1.29, 1.82) is 0 Å². The van der Waals surface area contributed by atoms with Gasteiger partial charge in [0.2, 0.25) is 0 Å². The molecule has 0 aromatic heterocycles. The fraction of sp³-hybridized carbons (Fsp3) is 0.933. The van der Waals surface area contributed by atoms with Crippen LogP contribution in [0.5, 0.6) is 0 Å². The van der Waals surface area contributed by atoms with E-state index in [1.165, 1.54) is 0 Å². The third-order valence-electron chi connectivity index (χ3n) is 5.11. The number of piperidine rings is 1. The summed E-state index contributed by atoms with van der Waals surface area (Å²) >= 11 is 0. The zero-order valence-electron chi connectivity index (χ0n) is 12.1. The maximum atomic E-state index is 12.6. The van der Waals surface area contributed by atoms with Crippen LogP contribution in [0.4, 0.5) is 13.2 Å². The molecule has 1 saturated heterocycles. The van der Waals surface area contributed by atoms with E-state index in [9.17, 15) is 18.0 Å². The van der Waals surface area contributed by atoms with Gasteiger partial charge in [-0.15, -0.1) is 0 Å². The lowest BCUT2D eigenvalue weighted by Gasteiger charge is -2.41. The monoisotopic (exact) mass is 291 g/mol. The van der Waals surface area contributed by atoms with E-state index in [1.54, 1.807) is 0 Å². The first-order valence-corrected chi connectivity index (χ1v) is 7.60. The maximum Gasteiger partial charge on any atom is 0.391 e. The molecule has 0 bridgehead atoms. The Morgan fingerprint density at radius 1 is 1.15 bits per heavy atom. The highest BCUT2D eigenvalue weighted by molar-refractivity contribution is 5.60. The molecule has 0 radical (unpaired) electrons. The van der Waals surface area contributed by atoms with Crippen molar-refractivity contribution in [3.05, 3.63) is 0 Å². The van der Waals surface area contributed by atoms with E-state index < -0.39 is 12.1 Å². The molecule has 20 heavy (non-hydrogen) atoms. The number of hydrogen-bond donors (Lipinski definition) is 0. The van der Waals surface area contributed by atoms with Gasteiger partial charge < -0.3 is 9.69 Å². The van der Waals surface area contributed by atoms with Crippen LogP contribution in [0.2, 0.25) is 0 Å². The fourth-order valence-corrected chi connectivity index (χ4v) is 3.51. The number of likely N-dealkylation sites (tertiary alicyclic amines) is 1.